The summed E-state index contributed by atoms with van der Waals surface area (Å²) < 4.78 is 0. The first-order chi connectivity index (χ1) is 12.7. The molecule has 0 radical (unpaired) electrons. The van der Waals surface area contributed by atoms with E-state index in [2.05, 4.69) is 33.9 Å². The van der Waals surface area contributed by atoms with Gasteiger partial charge in [-0.1, -0.05) is 0 Å². The molecule has 1 fully saturated rings. The van der Waals surface area contributed by atoms with Gasteiger partial charge in [0.05, 0.1) is 11.6 Å². The van der Waals surface area contributed by atoms with Crippen LogP contribution in [0.4, 0.5) is 5.82 Å². The Morgan fingerprint density at radius 3 is 2.73 bits per heavy atom. The number of likely N-dealkylation sites (N-methyl/N-ethyl adjacent to an activating group) is 1. The molecular weight excluding hydrogens is 344 g/mol. The van der Waals surface area contributed by atoms with E-state index in [1.54, 1.807) is 18.6 Å². The zero-order valence-corrected chi connectivity index (χ0v) is 16.0. The molecule has 0 unspecified atom stereocenters. The van der Waals surface area contributed by atoms with E-state index in [4.69, 9.17) is 9.97 Å². The summed E-state index contributed by atoms with van der Waals surface area (Å²) in [6, 6.07) is 0.592. The number of nitrogens with zero attached hydrogens (tertiary/aromatic N) is 6. The van der Waals surface area contributed by atoms with Gasteiger partial charge in [-0.15, -0.1) is 11.3 Å². The maximum Gasteiger partial charge on any atom is 0.183 e. The lowest BCUT2D eigenvalue weighted by Gasteiger charge is -2.43. The number of aromatic nitrogens is 4. The highest BCUT2D eigenvalue weighted by Crippen LogP contribution is 2.41. The van der Waals surface area contributed by atoms with Crippen LogP contribution in [-0.2, 0) is 12.8 Å². The minimum atomic E-state index is 0.592. The molecule has 0 atom stereocenters. The number of hydrogen-bond acceptors (Lipinski definition) is 7. The lowest BCUT2D eigenvalue weighted by Crippen LogP contribution is -2.57. The predicted octanol–water partition coefficient (Wildman–Crippen LogP) is 2.78. The molecule has 0 N–H and O–H groups in total. The number of anilines is 1. The van der Waals surface area contributed by atoms with Gasteiger partial charge in [0, 0.05) is 36.4 Å². The van der Waals surface area contributed by atoms with Crippen molar-refractivity contribution in [3.05, 3.63) is 29.0 Å². The van der Waals surface area contributed by atoms with Crippen LogP contribution in [0.1, 0.15) is 23.3 Å². The Hall–Kier alpha value is -2.12. The van der Waals surface area contributed by atoms with E-state index in [9.17, 15) is 0 Å². The fourth-order valence-electron chi connectivity index (χ4n) is 3.85. The fourth-order valence-corrected chi connectivity index (χ4v) is 5.11. The topological polar surface area (TPSA) is 58.0 Å². The SMILES string of the molecule is CN(C)C1CN(c2nc(-c3cnccn3)nc3sc4c(c23)CCCC4)C1. The monoisotopic (exact) mass is 366 g/mol. The summed E-state index contributed by atoms with van der Waals surface area (Å²) in [5.74, 6) is 1.78. The van der Waals surface area contributed by atoms with Crippen molar-refractivity contribution in [2.45, 2.75) is 31.7 Å². The molecule has 0 saturated carbocycles. The quantitative estimate of drug-likeness (QED) is 0.710. The van der Waals surface area contributed by atoms with Gasteiger partial charge in [0.25, 0.3) is 0 Å². The van der Waals surface area contributed by atoms with Gasteiger partial charge in [-0.3, -0.25) is 4.98 Å². The summed E-state index contributed by atoms with van der Waals surface area (Å²) in [7, 11) is 4.30. The first-order valence-corrected chi connectivity index (χ1v) is 10.0. The van der Waals surface area contributed by atoms with Crippen molar-refractivity contribution in [1.29, 1.82) is 0 Å². The Kier molecular flexibility index (Phi) is 3.86. The fraction of sp³-hybridized carbons (Fsp3) is 0.474. The minimum Gasteiger partial charge on any atom is -0.353 e. The van der Waals surface area contributed by atoms with Gasteiger partial charge in [-0.05, 0) is 45.3 Å². The number of thiophene rings is 1. The molecule has 6 nitrogen and oxygen atoms in total. The van der Waals surface area contributed by atoms with E-state index in [0.717, 1.165) is 35.9 Å². The van der Waals surface area contributed by atoms with Gasteiger partial charge < -0.3 is 9.80 Å². The predicted molar refractivity (Wildman–Crippen MR) is 105 cm³/mol. The molecule has 3 aromatic rings. The number of hydrogen-bond donors (Lipinski definition) is 0. The van der Waals surface area contributed by atoms with E-state index >= 15 is 0 Å². The van der Waals surface area contributed by atoms with Crippen LogP contribution in [0.2, 0.25) is 0 Å². The molecule has 1 aliphatic carbocycles. The third-order valence-electron chi connectivity index (χ3n) is 5.48. The van der Waals surface area contributed by atoms with Gasteiger partial charge in [-0.2, -0.15) is 0 Å². The second kappa shape index (κ2) is 6.25. The highest BCUT2D eigenvalue weighted by Gasteiger charge is 2.33. The van der Waals surface area contributed by atoms with Gasteiger partial charge in [0.15, 0.2) is 5.82 Å². The molecule has 1 saturated heterocycles. The van der Waals surface area contributed by atoms with Gasteiger partial charge in [0.2, 0.25) is 0 Å². The lowest BCUT2D eigenvalue weighted by molar-refractivity contribution is 0.246. The van der Waals surface area contributed by atoms with E-state index < -0.39 is 0 Å². The molecule has 0 amide bonds. The molecule has 5 rings (SSSR count). The molecule has 0 bridgehead atoms. The average molecular weight is 366 g/mol. The number of rotatable bonds is 3. The van der Waals surface area contributed by atoms with Crippen LogP contribution in [0.25, 0.3) is 21.7 Å². The van der Waals surface area contributed by atoms with E-state index in [1.165, 1.54) is 35.1 Å². The Balaban J connectivity index is 1.66. The maximum atomic E-state index is 4.97. The second-order valence-corrected chi connectivity index (χ2v) is 8.46. The van der Waals surface area contributed by atoms with Crippen molar-refractivity contribution in [2.75, 3.05) is 32.1 Å². The molecule has 26 heavy (non-hydrogen) atoms. The van der Waals surface area contributed by atoms with Crippen LogP contribution in [0.3, 0.4) is 0 Å². The van der Waals surface area contributed by atoms with E-state index in [0.29, 0.717) is 11.9 Å². The van der Waals surface area contributed by atoms with Crippen LogP contribution in [0.5, 0.6) is 0 Å². The van der Waals surface area contributed by atoms with Crippen LogP contribution in [-0.4, -0.2) is 58.1 Å². The first kappa shape index (κ1) is 16.1. The summed E-state index contributed by atoms with van der Waals surface area (Å²) in [6.07, 6.45) is 10.0. The van der Waals surface area contributed by atoms with E-state index in [-0.39, 0.29) is 0 Å². The van der Waals surface area contributed by atoms with Crippen molar-refractivity contribution in [1.82, 2.24) is 24.8 Å². The Morgan fingerprint density at radius 1 is 1.12 bits per heavy atom. The molecule has 0 spiro atoms. The Morgan fingerprint density at radius 2 is 1.96 bits per heavy atom. The van der Waals surface area contributed by atoms with Gasteiger partial charge in [0.1, 0.15) is 16.3 Å². The minimum absolute atomic E-state index is 0.592. The zero-order valence-electron chi connectivity index (χ0n) is 15.1. The highest BCUT2D eigenvalue weighted by molar-refractivity contribution is 7.19. The van der Waals surface area contributed by atoms with Crippen molar-refractivity contribution in [3.8, 4) is 11.5 Å². The largest absolute Gasteiger partial charge is 0.353 e. The first-order valence-electron chi connectivity index (χ1n) is 9.21. The Bertz CT molecular complexity index is 946. The maximum absolute atomic E-state index is 4.97. The lowest BCUT2D eigenvalue weighted by atomic mass is 9.96. The van der Waals surface area contributed by atoms with Crippen molar-refractivity contribution >= 4 is 27.4 Å². The standard InChI is InChI=1S/C19H22N6S/c1-24(2)12-10-25(11-12)18-16-13-5-3-4-6-15(13)26-19(16)23-17(22-18)14-9-20-7-8-21-14/h7-9,12H,3-6,10-11H2,1-2H3. The molecule has 1 aliphatic heterocycles. The van der Waals surface area contributed by atoms with Crippen LogP contribution in [0, 0.1) is 0 Å². The van der Waals surface area contributed by atoms with Gasteiger partial charge in [-0.25, -0.2) is 15.0 Å². The summed E-state index contributed by atoms with van der Waals surface area (Å²) in [5.41, 5.74) is 2.23. The number of aryl methyl sites for hydroxylation is 2. The Labute approximate surface area is 156 Å². The summed E-state index contributed by atoms with van der Waals surface area (Å²) >= 11 is 1.85. The third-order valence-corrected chi connectivity index (χ3v) is 6.67. The third kappa shape index (κ3) is 2.57. The molecule has 2 aliphatic rings. The van der Waals surface area contributed by atoms with Crippen molar-refractivity contribution < 1.29 is 0 Å². The summed E-state index contributed by atoms with van der Waals surface area (Å²) in [4.78, 5) is 25.7. The van der Waals surface area contributed by atoms with E-state index in [1.807, 2.05) is 11.3 Å². The summed E-state index contributed by atoms with van der Waals surface area (Å²) in [5, 5.41) is 1.29. The van der Waals surface area contributed by atoms with Crippen LogP contribution < -0.4 is 4.90 Å². The smallest absolute Gasteiger partial charge is 0.183 e. The number of fused-ring (bicyclic) bond motifs is 3. The molecule has 3 aromatic heterocycles. The second-order valence-electron chi connectivity index (χ2n) is 7.37. The molecule has 4 heterocycles. The van der Waals surface area contributed by atoms with Crippen LogP contribution in [0.15, 0.2) is 18.6 Å². The highest BCUT2D eigenvalue weighted by atomic mass is 32.1. The average Bonchev–Trinajstić information content (AvgIpc) is 2.99. The van der Waals surface area contributed by atoms with Gasteiger partial charge >= 0.3 is 0 Å². The van der Waals surface area contributed by atoms with Crippen molar-refractivity contribution in [2.24, 2.45) is 0 Å². The molecular formula is C19H22N6S. The molecule has 134 valence electrons. The summed E-state index contributed by atoms with van der Waals surface area (Å²) in [6.45, 7) is 2.04. The van der Waals surface area contributed by atoms with Crippen LogP contribution >= 0.6 is 11.3 Å². The zero-order chi connectivity index (χ0) is 17.7. The normalized spacial score (nSPS) is 17.6. The molecule has 0 aromatic carbocycles. The molecule has 7 heteroatoms. The van der Waals surface area contributed by atoms with Crippen molar-refractivity contribution in [3.63, 3.8) is 0 Å².